The molecule has 0 saturated heterocycles. The zero-order chi connectivity index (χ0) is 16.0. The molecule has 0 unspecified atom stereocenters. The molecule has 0 bridgehead atoms. The largest absolute Gasteiger partial charge is 0.394 e. The van der Waals surface area contributed by atoms with Gasteiger partial charge in [0.15, 0.2) is 0 Å². The minimum Gasteiger partial charge on any atom is -0.394 e. The molecule has 3 aromatic rings. The minimum atomic E-state index is -0.272. The number of benzene rings is 3. The minimum absolute atomic E-state index is 0.125. The highest BCUT2D eigenvalue weighted by Crippen LogP contribution is 2.47. The van der Waals surface area contributed by atoms with Gasteiger partial charge in [-0.2, -0.15) is 0 Å². The second kappa shape index (κ2) is 5.19. The molecule has 2 N–H and O–H groups in total. The summed E-state index contributed by atoms with van der Waals surface area (Å²) < 4.78 is 0. The van der Waals surface area contributed by atoms with E-state index >= 15 is 0 Å². The van der Waals surface area contributed by atoms with Crippen molar-refractivity contribution in [1.29, 1.82) is 0 Å². The molecular weight excluding hydrogens is 282 g/mol. The lowest BCUT2D eigenvalue weighted by atomic mass is 9.97. The predicted octanol–water partition coefficient (Wildman–Crippen LogP) is 4.35. The summed E-state index contributed by atoms with van der Waals surface area (Å²) in [6.45, 7) is 4.91. The number of aliphatic hydroxyl groups excluding tert-OH is 1. The number of fused-ring (bicyclic) bond motifs is 3. The Bertz CT molecular complexity index is 866. The van der Waals surface area contributed by atoms with E-state index in [9.17, 15) is 5.11 Å². The number of hydrogen-bond acceptors (Lipinski definition) is 2. The van der Waals surface area contributed by atoms with Crippen molar-refractivity contribution >= 4 is 10.8 Å². The Balaban J connectivity index is 1.85. The molecular formula is C21H21NO. The maximum Gasteiger partial charge on any atom is 0.0607 e. The number of rotatable bonds is 4. The standard InChI is InChI=1S/C21H21NO/c1-21(2,13-23)22-12-14-10-11-19-17-7-4-3-6-16(17)18-9-5-8-15(14)20(18)19/h3-11,22-23H,12-13H2,1-2H3. The van der Waals surface area contributed by atoms with Crippen LogP contribution in [0.2, 0.25) is 0 Å². The van der Waals surface area contributed by atoms with Gasteiger partial charge in [0.25, 0.3) is 0 Å². The Kier molecular flexibility index (Phi) is 3.26. The highest BCUT2D eigenvalue weighted by atomic mass is 16.3. The molecule has 1 aliphatic rings. The first-order chi connectivity index (χ1) is 11.1. The van der Waals surface area contributed by atoms with E-state index in [1.165, 1.54) is 38.6 Å². The molecule has 3 aromatic carbocycles. The second-order valence-electron chi connectivity index (χ2n) is 6.94. The van der Waals surface area contributed by atoms with Gasteiger partial charge in [-0.1, -0.05) is 54.6 Å². The van der Waals surface area contributed by atoms with Crippen molar-refractivity contribution in [2.45, 2.75) is 25.9 Å². The Morgan fingerprint density at radius 2 is 1.48 bits per heavy atom. The molecule has 23 heavy (non-hydrogen) atoms. The highest BCUT2D eigenvalue weighted by molar-refractivity contribution is 6.15. The summed E-state index contributed by atoms with van der Waals surface area (Å²) in [6, 6.07) is 19.6. The summed E-state index contributed by atoms with van der Waals surface area (Å²) in [7, 11) is 0. The predicted molar refractivity (Wildman–Crippen MR) is 96.4 cm³/mol. The quantitative estimate of drug-likeness (QED) is 0.587. The summed E-state index contributed by atoms with van der Waals surface area (Å²) in [5.41, 5.74) is 6.32. The van der Waals surface area contributed by atoms with Gasteiger partial charge in [-0.15, -0.1) is 0 Å². The monoisotopic (exact) mass is 303 g/mol. The fraction of sp³-hybridized carbons (Fsp3) is 0.238. The normalized spacial score (nSPS) is 12.7. The lowest BCUT2D eigenvalue weighted by molar-refractivity contribution is 0.187. The Labute approximate surface area is 136 Å². The topological polar surface area (TPSA) is 32.3 Å². The highest BCUT2D eigenvalue weighted by Gasteiger charge is 2.22. The van der Waals surface area contributed by atoms with Crippen molar-refractivity contribution in [2.24, 2.45) is 0 Å². The number of aliphatic hydroxyl groups is 1. The van der Waals surface area contributed by atoms with Crippen LogP contribution in [0.5, 0.6) is 0 Å². The van der Waals surface area contributed by atoms with Gasteiger partial charge in [0.05, 0.1) is 6.61 Å². The molecule has 2 nitrogen and oxygen atoms in total. The van der Waals surface area contributed by atoms with E-state index in [1.54, 1.807) is 0 Å². The average molecular weight is 303 g/mol. The molecule has 0 amide bonds. The van der Waals surface area contributed by atoms with Crippen LogP contribution in [0.1, 0.15) is 19.4 Å². The van der Waals surface area contributed by atoms with E-state index in [0.717, 1.165) is 6.54 Å². The molecule has 0 fully saturated rings. The summed E-state index contributed by atoms with van der Waals surface area (Å²) in [6.07, 6.45) is 0. The van der Waals surface area contributed by atoms with Crippen molar-refractivity contribution < 1.29 is 5.11 Å². The van der Waals surface area contributed by atoms with E-state index in [4.69, 9.17) is 0 Å². The zero-order valence-electron chi connectivity index (χ0n) is 13.6. The second-order valence-corrected chi connectivity index (χ2v) is 6.94. The van der Waals surface area contributed by atoms with Crippen LogP contribution in [0, 0.1) is 0 Å². The average Bonchev–Trinajstić information content (AvgIpc) is 2.91. The van der Waals surface area contributed by atoms with Crippen molar-refractivity contribution in [3.05, 3.63) is 60.2 Å². The lowest BCUT2D eigenvalue weighted by Crippen LogP contribution is -2.42. The number of hydrogen-bond donors (Lipinski definition) is 2. The van der Waals surface area contributed by atoms with Crippen LogP contribution < -0.4 is 5.32 Å². The van der Waals surface area contributed by atoms with Gasteiger partial charge >= 0.3 is 0 Å². The molecule has 0 saturated carbocycles. The van der Waals surface area contributed by atoms with Crippen LogP contribution in [0.15, 0.2) is 54.6 Å². The maximum atomic E-state index is 9.44. The summed E-state index contributed by atoms with van der Waals surface area (Å²) in [4.78, 5) is 0. The first-order valence-corrected chi connectivity index (χ1v) is 8.11. The summed E-state index contributed by atoms with van der Waals surface area (Å²) in [5.74, 6) is 0. The van der Waals surface area contributed by atoms with E-state index in [0.29, 0.717) is 0 Å². The molecule has 0 aliphatic heterocycles. The fourth-order valence-corrected chi connectivity index (χ4v) is 3.41. The SMILES string of the molecule is CC(C)(CO)NCc1ccc2c3c(cccc13)-c1ccccc1-2. The lowest BCUT2D eigenvalue weighted by Gasteiger charge is -2.24. The Morgan fingerprint density at radius 3 is 2.17 bits per heavy atom. The molecule has 1 aliphatic carbocycles. The summed E-state index contributed by atoms with van der Waals surface area (Å²) in [5, 5.41) is 15.5. The molecule has 0 spiro atoms. The molecule has 0 aromatic heterocycles. The summed E-state index contributed by atoms with van der Waals surface area (Å²) >= 11 is 0. The van der Waals surface area contributed by atoms with Crippen molar-refractivity contribution in [1.82, 2.24) is 5.32 Å². The zero-order valence-corrected chi connectivity index (χ0v) is 13.6. The van der Waals surface area contributed by atoms with Gasteiger partial charge in [-0.05, 0) is 52.4 Å². The third-order valence-corrected chi connectivity index (χ3v) is 4.79. The fourth-order valence-electron chi connectivity index (χ4n) is 3.41. The van der Waals surface area contributed by atoms with E-state index < -0.39 is 0 Å². The first-order valence-electron chi connectivity index (χ1n) is 8.11. The number of nitrogens with one attached hydrogen (secondary N) is 1. The van der Waals surface area contributed by atoms with Crippen LogP contribution in [0.3, 0.4) is 0 Å². The molecule has 0 radical (unpaired) electrons. The van der Waals surface area contributed by atoms with E-state index in [2.05, 4.69) is 59.9 Å². The van der Waals surface area contributed by atoms with Gasteiger partial charge in [-0.3, -0.25) is 0 Å². The van der Waals surface area contributed by atoms with E-state index in [1.807, 2.05) is 13.8 Å². The van der Waals surface area contributed by atoms with Crippen LogP contribution in [0.25, 0.3) is 33.0 Å². The van der Waals surface area contributed by atoms with Crippen LogP contribution >= 0.6 is 0 Å². The molecule has 0 atom stereocenters. The third-order valence-electron chi connectivity index (χ3n) is 4.79. The maximum absolute atomic E-state index is 9.44. The third kappa shape index (κ3) is 2.26. The van der Waals surface area contributed by atoms with Gasteiger partial charge in [0, 0.05) is 12.1 Å². The molecule has 4 rings (SSSR count). The first kappa shape index (κ1) is 14.4. The van der Waals surface area contributed by atoms with Crippen LogP contribution in [-0.4, -0.2) is 17.3 Å². The molecule has 2 heteroatoms. The Hall–Kier alpha value is -2.16. The molecule has 116 valence electrons. The van der Waals surface area contributed by atoms with Crippen LogP contribution in [-0.2, 0) is 6.54 Å². The van der Waals surface area contributed by atoms with Crippen molar-refractivity contribution in [2.75, 3.05) is 6.61 Å². The smallest absolute Gasteiger partial charge is 0.0607 e. The van der Waals surface area contributed by atoms with E-state index in [-0.39, 0.29) is 12.1 Å². The van der Waals surface area contributed by atoms with Crippen molar-refractivity contribution in [3.63, 3.8) is 0 Å². The van der Waals surface area contributed by atoms with Crippen molar-refractivity contribution in [3.8, 4) is 22.3 Å². The van der Waals surface area contributed by atoms with Gasteiger partial charge in [0.1, 0.15) is 0 Å². The van der Waals surface area contributed by atoms with Gasteiger partial charge in [-0.25, -0.2) is 0 Å². The van der Waals surface area contributed by atoms with Gasteiger partial charge in [0.2, 0.25) is 0 Å². The van der Waals surface area contributed by atoms with Gasteiger partial charge < -0.3 is 10.4 Å². The molecule has 0 heterocycles. The Morgan fingerprint density at radius 1 is 0.826 bits per heavy atom. The van der Waals surface area contributed by atoms with Crippen LogP contribution in [0.4, 0.5) is 0 Å².